The number of aromatic nitrogens is 1. The van der Waals surface area contributed by atoms with E-state index in [1.165, 1.54) is 24.8 Å². The van der Waals surface area contributed by atoms with Crippen molar-refractivity contribution in [3.8, 4) is 11.3 Å². The number of nitrogens with zero attached hydrogens (tertiary/aromatic N) is 1. The molecule has 0 saturated heterocycles. The van der Waals surface area contributed by atoms with Crippen molar-refractivity contribution >= 4 is 28.6 Å². The molecular formula is C26H28N2O4. The summed E-state index contributed by atoms with van der Waals surface area (Å²) in [6, 6.07) is 15.6. The van der Waals surface area contributed by atoms with E-state index in [2.05, 4.69) is 17.4 Å². The third-order valence-corrected chi connectivity index (χ3v) is 6.21. The van der Waals surface area contributed by atoms with Crippen LogP contribution in [0.2, 0.25) is 0 Å². The molecule has 1 aliphatic rings. The van der Waals surface area contributed by atoms with Gasteiger partial charge in [-0.2, -0.15) is 0 Å². The molecule has 1 amide bonds. The van der Waals surface area contributed by atoms with Crippen LogP contribution in [0.25, 0.3) is 22.2 Å². The number of benzene rings is 2. The molecule has 166 valence electrons. The van der Waals surface area contributed by atoms with Crippen LogP contribution in [-0.4, -0.2) is 33.9 Å². The lowest BCUT2D eigenvalue weighted by Gasteiger charge is -2.23. The number of ketones is 1. The average Bonchev–Trinajstić information content (AvgIpc) is 3.11. The molecule has 1 aromatic heterocycles. The minimum absolute atomic E-state index is 0.0370. The van der Waals surface area contributed by atoms with Crippen molar-refractivity contribution in [1.82, 2.24) is 9.88 Å². The van der Waals surface area contributed by atoms with Gasteiger partial charge in [0, 0.05) is 16.5 Å². The lowest BCUT2D eigenvalue weighted by atomic mass is 9.82. The molecule has 6 nitrogen and oxygen atoms in total. The maximum atomic E-state index is 12.5. The van der Waals surface area contributed by atoms with Gasteiger partial charge in [-0.1, -0.05) is 55.7 Å². The van der Waals surface area contributed by atoms with Gasteiger partial charge in [0.1, 0.15) is 12.3 Å². The van der Waals surface area contributed by atoms with E-state index < -0.39 is 18.4 Å². The van der Waals surface area contributed by atoms with E-state index in [-0.39, 0.29) is 12.3 Å². The molecule has 1 aliphatic carbocycles. The molecule has 6 heteroatoms. The summed E-state index contributed by atoms with van der Waals surface area (Å²) < 4.78 is 2.03. The number of aliphatic carboxylic acids is 1. The van der Waals surface area contributed by atoms with Crippen molar-refractivity contribution in [2.75, 3.05) is 6.54 Å². The van der Waals surface area contributed by atoms with Gasteiger partial charge >= 0.3 is 5.97 Å². The molecule has 1 fully saturated rings. The fraction of sp³-hybridized carbons (Fsp3) is 0.346. The number of carboxylic acid groups (broad SMARTS) is 1. The van der Waals surface area contributed by atoms with Gasteiger partial charge in [-0.05, 0) is 48.9 Å². The number of hydrogen-bond acceptors (Lipinski definition) is 3. The number of nitrogens with one attached hydrogen (secondary N) is 1. The normalized spacial score (nSPS) is 14.4. The van der Waals surface area contributed by atoms with Gasteiger partial charge in [-0.3, -0.25) is 14.4 Å². The first kappa shape index (κ1) is 21.8. The van der Waals surface area contributed by atoms with Crippen LogP contribution in [0.15, 0.2) is 48.5 Å². The topological polar surface area (TPSA) is 88.4 Å². The Morgan fingerprint density at radius 1 is 1.03 bits per heavy atom. The number of hydrogen-bond donors (Lipinski definition) is 2. The first-order valence-electron chi connectivity index (χ1n) is 11.2. The molecule has 0 atom stereocenters. The lowest BCUT2D eigenvalue weighted by Crippen LogP contribution is -2.29. The predicted octanol–water partition coefficient (Wildman–Crippen LogP) is 4.76. The van der Waals surface area contributed by atoms with Crippen molar-refractivity contribution in [2.24, 2.45) is 0 Å². The molecule has 1 saturated carbocycles. The fourth-order valence-corrected chi connectivity index (χ4v) is 4.87. The molecule has 0 radical (unpaired) electrons. The maximum Gasteiger partial charge on any atom is 0.322 e. The highest BCUT2D eigenvalue weighted by Gasteiger charge is 2.27. The highest BCUT2D eigenvalue weighted by molar-refractivity contribution is 6.02. The van der Waals surface area contributed by atoms with E-state index in [9.17, 15) is 14.4 Å². The number of amides is 1. The number of fused-ring (bicyclic) bond motifs is 1. The van der Waals surface area contributed by atoms with E-state index in [0.29, 0.717) is 11.5 Å². The summed E-state index contributed by atoms with van der Waals surface area (Å²) in [5.41, 5.74) is 4.58. The Morgan fingerprint density at radius 3 is 2.41 bits per heavy atom. The largest absolute Gasteiger partial charge is 0.480 e. The maximum absolute atomic E-state index is 12.5. The van der Waals surface area contributed by atoms with Crippen molar-refractivity contribution in [1.29, 1.82) is 0 Å². The number of carboxylic acids is 1. The molecule has 32 heavy (non-hydrogen) atoms. The SMILES string of the molecule is CC(=O)Cn1c(-c2ccccc2)c(C2CCCCC2)c2ccc(C(=O)NCC(=O)O)cc21. The Labute approximate surface area is 187 Å². The molecule has 3 aromatic rings. The second-order valence-electron chi connectivity index (χ2n) is 8.56. The smallest absolute Gasteiger partial charge is 0.322 e. The average molecular weight is 433 g/mol. The van der Waals surface area contributed by atoms with Crippen LogP contribution in [-0.2, 0) is 16.1 Å². The fourth-order valence-electron chi connectivity index (χ4n) is 4.87. The number of carbonyl (C=O) groups excluding carboxylic acids is 2. The summed E-state index contributed by atoms with van der Waals surface area (Å²) >= 11 is 0. The van der Waals surface area contributed by atoms with Crippen molar-refractivity contribution < 1.29 is 19.5 Å². The van der Waals surface area contributed by atoms with Gasteiger partial charge in [-0.25, -0.2) is 0 Å². The van der Waals surface area contributed by atoms with E-state index in [4.69, 9.17) is 5.11 Å². The second-order valence-corrected chi connectivity index (χ2v) is 8.56. The van der Waals surface area contributed by atoms with E-state index in [1.807, 2.05) is 28.8 Å². The van der Waals surface area contributed by atoms with E-state index in [1.54, 1.807) is 19.1 Å². The first-order chi connectivity index (χ1) is 15.5. The summed E-state index contributed by atoms with van der Waals surface area (Å²) in [4.78, 5) is 35.6. The van der Waals surface area contributed by atoms with Crippen LogP contribution in [0.1, 0.15) is 60.9 Å². The van der Waals surface area contributed by atoms with Crippen molar-refractivity contribution in [2.45, 2.75) is 51.5 Å². The van der Waals surface area contributed by atoms with Crippen LogP contribution in [0.4, 0.5) is 0 Å². The van der Waals surface area contributed by atoms with Gasteiger partial charge in [0.15, 0.2) is 0 Å². The summed E-state index contributed by atoms with van der Waals surface area (Å²) in [7, 11) is 0. The Bertz CT molecular complexity index is 1160. The van der Waals surface area contributed by atoms with Crippen molar-refractivity contribution in [3.63, 3.8) is 0 Å². The van der Waals surface area contributed by atoms with Crippen LogP contribution in [0.3, 0.4) is 0 Å². The Hall–Kier alpha value is -3.41. The van der Waals surface area contributed by atoms with Gasteiger partial charge in [0.25, 0.3) is 5.91 Å². The third kappa shape index (κ3) is 4.44. The van der Waals surface area contributed by atoms with Gasteiger partial charge in [0.05, 0.1) is 12.2 Å². The summed E-state index contributed by atoms with van der Waals surface area (Å²) in [5, 5.41) is 12.4. The van der Waals surface area contributed by atoms with Gasteiger partial charge < -0.3 is 15.0 Å². The zero-order valence-electron chi connectivity index (χ0n) is 18.3. The molecule has 2 aromatic carbocycles. The lowest BCUT2D eigenvalue weighted by molar-refractivity contribution is -0.135. The van der Waals surface area contributed by atoms with Crippen LogP contribution in [0.5, 0.6) is 0 Å². The van der Waals surface area contributed by atoms with Gasteiger partial charge in [0.2, 0.25) is 0 Å². The van der Waals surface area contributed by atoms with Crippen molar-refractivity contribution in [3.05, 3.63) is 59.7 Å². The molecule has 4 rings (SSSR count). The Kier molecular flexibility index (Phi) is 6.40. The number of carbonyl (C=O) groups is 3. The summed E-state index contributed by atoms with van der Waals surface area (Å²) in [5.74, 6) is -1.09. The highest BCUT2D eigenvalue weighted by Crippen LogP contribution is 2.44. The van der Waals surface area contributed by atoms with Crippen LogP contribution < -0.4 is 5.32 Å². The second kappa shape index (κ2) is 9.39. The molecule has 0 aliphatic heterocycles. The third-order valence-electron chi connectivity index (χ3n) is 6.21. The predicted molar refractivity (Wildman–Crippen MR) is 124 cm³/mol. The molecule has 0 bridgehead atoms. The van der Waals surface area contributed by atoms with E-state index in [0.717, 1.165) is 35.0 Å². The Balaban J connectivity index is 1.93. The molecule has 1 heterocycles. The zero-order valence-corrected chi connectivity index (χ0v) is 18.3. The number of Topliss-reactive ketones (excluding diaryl/α,β-unsaturated/α-hetero) is 1. The monoisotopic (exact) mass is 432 g/mol. The van der Waals surface area contributed by atoms with Crippen LogP contribution >= 0.6 is 0 Å². The van der Waals surface area contributed by atoms with E-state index >= 15 is 0 Å². The summed E-state index contributed by atoms with van der Waals surface area (Å²) in [6.07, 6.45) is 5.85. The highest BCUT2D eigenvalue weighted by atomic mass is 16.4. The van der Waals surface area contributed by atoms with Crippen LogP contribution in [0, 0.1) is 0 Å². The zero-order chi connectivity index (χ0) is 22.7. The van der Waals surface area contributed by atoms with Gasteiger partial charge in [-0.15, -0.1) is 0 Å². The first-order valence-corrected chi connectivity index (χ1v) is 11.2. The summed E-state index contributed by atoms with van der Waals surface area (Å²) in [6.45, 7) is 1.35. The minimum Gasteiger partial charge on any atom is -0.480 e. The molecule has 0 spiro atoms. The molecule has 0 unspecified atom stereocenters. The molecular weight excluding hydrogens is 404 g/mol. The standard InChI is InChI=1S/C26H28N2O4/c1-17(29)16-28-22-14-20(26(32)27-15-23(30)31)12-13-21(22)24(18-8-4-2-5-9-18)25(28)19-10-6-3-7-11-19/h3,6-7,10-14,18H,2,4-5,8-9,15-16H2,1H3,(H,27,32)(H,30,31). The Morgan fingerprint density at radius 2 is 1.75 bits per heavy atom. The quantitative estimate of drug-likeness (QED) is 0.563. The molecule has 2 N–H and O–H groups in total. The number of rotatable bonds is 7. The minimum atomic E-state index is -1.09.